The average Bonchev–Trinajstić information content (AvgIpc) is 2.67. The van der Waals surface area contributed by atoms with E-state index in [4.69, 9.17) is 0 Å². The molecule has 1 aromatic rings. The summed E-state index contributed by atoms with van der Waals surface area (Å²) >= 11 is 0. The molecule has 1 atom stereocenters. The largest absolute Gasteiger partial charge is 0.315 e. The normalized spacial score (nSPS) is 23.3. The molecule has 3 nitrogen and oxygen atoms in total. The third-order valence-electron chi connectivity index (χ3n) is 2.73. The van der Waals surface area contributed by atoms with Crippen molar-refractivity contribution in [2.75, 3.05) is 13.1 Å². The quantitative estimate of drug-likeness (QED) is 0.743. The Hall–Kier alpha value is -0.830. The van der Waals surface area contributed by atoms with Crippen molar-refractivity contribution < 1.29 is 0 Å². The minimum Gasteiger partial charge on any atom is -0.315 e. The molecule has 0 aliphatic carbocycles. The van der Waals surface area contributed by atoms with Gasteiger partial charge in [0.05, 0.1) is 6.04 Å². The summed E-state index contributed by atoms with van der Waals surface area (Å²) in [6, 6.07) is 2.70. The Bertz CT molecular complexity index is 261. The number of piperidine rings is 1. The van der Waals surface area contributed by atoms with E-state index in [1.54, 1.807) is 0 Å². The van der Waals surface area contributed by atoms with Gasteiger partial charge >= 0.3 is 0 Å². The lowest BCUT2D eigenvalue weighted by atomic mass is 10.1. The van der Waals surface area contributed by atoms with Crippen LogP contribution in [-0.4, -0.2) is 22.9 Å². The first-order valence-electron chi connectivity index (χ1n) is 5.15. The topological polar surface area (TPSA) is 29.9 Å². The molecular weight excluding hydrogens is 162 g/mol. The van der Waals surface area contributed by atoms with Gasteiger partial charge < -0.3 is 5.32 Å². The SMILES string of the molecule is CCc1ccnn1C1CCCNC1. The summed E-state index contributed by atoms with van der Waals surface area (Å²) in [6.45, 7) is 4.43. The van der Waals surface area contributed by atoms with Crippen molar-refractivity contribution in [1.29, 1.82) is 0 Å². The van der Waals surface area contributed by atoms with Crippen LogP contribution in [0.4, 0.5) is 0 Å². The predicted octanol–water partition coefficient (Wildman–Crippen LogP) is 1.37. The smallest absolute Gasteiger partial charge is 0.0647 e. The van der Waals surface area contributed by atoms with E-state index >= 15 is 0 Å². The lowest BCUT2D eigenvalue weighted by molar-refractivity contribution is 0.339. The molecule has 1 unspecified atom stereocenters. The van der Waals surface area contributed by atoms with E-state index < -0.39 is 0 Å². The Kier molecular flexibility index (Phi) is 2.64. The molecule has 0 bridgehead atoms. The maximum absolute atomic E-state index is 4.39. The first kappa shape index (κ1) is 8.75. The van der Waals surface area contributed by atoms with Crippen LogP contribution in [0.15, 0.2) is 12.3 Å². The van der Waals surface area contributed by atoms with E-state index in [1.807, 2.05) is 6.20 Å². The summed E-state index contributed by atoms with van der Waals surface area (Å²) in [6.07, 6.45) is 5.53. The zero-order chi connectivity index (χ0) is 9.10. The maximum atomic E-state index is 4.39. The molecule has 0 aromatic carbocycles. The fourth-order valence-corrected chi connectivity index (χ4v) is 1.99. The molecular formula is C10H17N3. The summed E-state index contributed by atoms with van der Waals surface area (Å²) < 4.78 is 2.19. The highest BCUT2D eigenvalue weighted by Gasteiger charge is 2.16. The van der Waals surface area contributed by atoms with E-state index in [0.717, 1.165) is 13.0 Å². The average molecular weight is 179 g/mol. The molecule has 72 valence electrons. The minimum absolute atomic E-state index is 0.582. The van der Waals surface area contributed by atoms with Crippen molar-refractivity contribution in [2.45, 2.75) is 32.2 Å². The van der Waals surface area contributed by atoms with Gasteiger partial charge in [-0.2, -0.15) is 5.10 Å². The van der Waals surface area contributed by atoms with Gasteiger partial charge in [-0.25, -0.2) is 0 Å². The molecule has 1 N–H and O–H groups in total. The molecule has 2 heterocycles. The van der Waals surface area contributed by atoms with Gasteiger partial charge in [0.25, 0.3) is 0 Å². The summed E-state index contributed by atoms with van der Waals surface area (Å²) in [7, 11) is 0. The van der Waals surface area contributed by atoms with Crippen LogP contribution < -0.4 is 5.32 Å². The second-order valence-corrected chi connectivity index (χ2v) is 3.62. The van der Waals surface area contributed by atoms with Crippen LogP contribution in [0.1, 0.15) is 31.5 Å². The van der Waals surface area contributed by atoms with Gasteiger partial charge in [-0.1, -0.05) is 6.92 Å². The highest BCUT2D eigenvalue weighted by atomic mass is 15.3. The number of aryl methyl sites for hydroxylation is 1. The Morgan fingerprint density at radius 3 is 3.31 bits per heavy atom. The second-order valence-electron chi connectivity index (χ2n) is 3.62. The maximum Gasteiger partial charge on any atom is 0.0647 e. The van der Waals surface area contributed by atoms with Crippen molar-refractivity contribution in [3.8, 4) is 0 Å². The van der Waals surface area contributed by atoms with Gasteiger partial charge in [0, 0.05) is 18.4 Å². The fraction of sp³-hybridized carbons (Fsp3) is 0.700. The van der Waals surface area contributed by atoms with Gasteiger partial charge in [0.15, 0.2) is 0 Å². The standard InChI is InChI=1S/C10H17N3/c1-2-9-5-7-12-13(9)10-4-3-6-11-8-10/h5,7,10-11H,2-4,6,8H2,1H3. The molecule has 0 spiro atoms. The molecule has 1 fully saturated rings. The molecule has 13 heavy (non-hydrogen) atoms. The molecule has 3 heteroatoms. The number of nitrogens with zero attached hydrogens (tertiary/aromatic N) is 2. The van der Waals surface area contributed by atoms with Gasteiger partial charge in [-0.3, -0.25) is 4.68 Å². The molecule has 1 aliphatic rings. The number of hydrogen-bond donors (Lipinski definition) is 1. The molecule has 1 saturated heterocycles. The summed E-state index contributed by atoms with van der Waals surface area (Å²) in [5, 5.41) is 7.80. The van der Waals surface area contributed by atoms with Crippen LogP contribution in [0.5, 0.6) is 0 Å². The van der Waals surface area contributed by atoms with Gasteiger partial charge in [0.1, 0.15) is 0 Å². The lowest BCUT2D eigenvalue weighted by Gasteiger charge is -2.24. The van der Waals surface area contributed by atoms with Crippen LogP contribution in [0.2, 0.25) is 0 Å². The summed E-state index contributed by atoms with van der Waals surface area (Å²) in [5.74, 6) is 0. The number of rotatable bonds is 2. The fourth-order valence-electron chi connectivity index (χ4n) is 1.99. The Labute approximate surface area is 79.1 Å². The summed E-state index contributed by atoms with van der Waals surface area (Å²) in [5.41, 5.74) is 1.36. The summed E-state index contributed by atoms with van der Waals surface area (Å²) in [4.78, 5) is 0. The first-order valence-corrected chi connectivity index (χ1v) is 5.15. The van der Waals surface area contributed by atoms with Crippen LogP contribution in [0, 0.1) is 0 Å². The zero-order valence-electron chi connectivity index (χ0n) is 8.16. The van der Waals surface area contributed by atoms with Crippen molar-refractivity contribution in [2.24, 2.45) is 0 Å². The molecule has 1 aliphatic heterocycles. The minimum atomic E-state index is 0.582. The van der Waals surface area contributed by atoms with Gasteiger partial charge in [-0.05, 0) is 31.9 Å². The van der Waals surface area contributed by atoms with Crippen LogP contribution in [0.3, 0.4) is 0 Å². The zero-order valence-corrected chi connectivity index (χ0v) is 8.16. The molecule has 1 aromatic heterocycles. The van der Waals surface area contributed by atoms with E-state index in [2.05, 4.69) is 28.1 Å². The third-order valence-corrected chi connectivity index (χ3v) is 2.73. The first-order chi connectivity index (χ1) is 6.42. The van der Waals surface area contributed by atoms with Gasteiger partial charge in [-0.15, -0.1) is 0 Å². The Balaban J connectivity index is 2.13. The van der Waals surface area contributed by atoms with Crippen LogP contribution in [-0.2, 0) is 6.42 Å². The van der Waals surface area contributed by atoms with E-state index in [9.17, 15) is 0 Å². The number of hydrogen-bond acceptors (Lipinski definition) is 2. The highest BCUT2D eigenvalue weighted by Crippen LogP contribution is 2.17. The van der Waals surface area contributed by atoms with E-state index in [1.165, 1.54) is 25.1 Å². The Morgan fingerprint density at radius 1 is 1.69 bits per heavy atom. The van der Waals surface area contributed by atoms with Crippen molar-refractivity contribution in [3.63, 3.8) is 0 Å². The van der Waals surface area contributed by atoms with E-state index in [0.29, 0.717) is 6.04 Å². The predicted molar refractivity (Wildman–Crippen MR) is 52.7 cm³/mol. The lowest BCUT2D eigenvalue weighted by Crippen LogP contribution is -2.32. The van der Waals surface area contributed by atoms with Crippen molar-refractivity contribution >= 4 is 0 Å². The molecule has 0 amide bonds. The second kappa shape index (κ2) is 3.92. The molecule has 0 saturated carbocycles. The number of nitrogens with one attached hydrogen (secondary N) is 1. The van der Waals surface area contributed by atoms with Gasteiger partial charge in [0.2, 0.25) is 0 Å². The van der Waals surface area contributed by atoms with Crippen LogP contribution in [0.25, 0.3) is 0 Å². The van der Waals surface area contributed by atoms with Crippen molar-refractivity contribution in [1.82, 2.24) is 15.1 Å². The third kappa shape index (κ3) is 1.75. The number of aromatic nitrogens is 2. The van der Waals surface area contributed by atoms with E-state index in [-0.39, 0.29) is 0 Å². The Morgan fingerprint density at radius 2 is 2.62 bits per heavy atom. The van der Waals surface area contributed by atoms with Crippen LogP contribution >= 0.6 is 0 Å². The monoisotopic (exact) mass is 179 g/mol. The highest BCUT2D eigenvalue weighted by molar-refractivity contribution is 5.02. The molecule has 2 rings (SSSR count). The van der Waals surface area contributed by atoms with Crippen molar-refractivity contribution in [3.05, 3.63) is 18.0 Å². The molecule has 0 radical (unpaired) electrons.